The molecule has 1 rings (SSSR count). The van der Waals surface area contributed by atoms with Crippen molar-refractivity contribution < 1.29 is 5.11 Å². The summed E-state index contributed by atoms with van der Waals surface area (Å²) in [6, 6.07) is 4.11. The molecule has 0 aliphatic heterocycles. The first kappa shape index (κ1) is 12.3. The molecule has 3 heteroatoms. The number of nitrogens with one attached hydrogen (secondary N) is 1. The van der Waals surface area contributed by atoms with Crippen molar-refractivity contribution in [3.63, 3.8) is 0 Å². The van der Waals surface area contributed by atoms with Gasteiger partial charge in [0.1, 0.15) is 0 Å². The zero-order valence-electron chi connectivity index (χ0n) is 9.95. The van der Waals surface area contributed by atoms with Crippen LogP contribution in [-0.2, 0) is 13.6 Å². The molecule has 0 fully saturated rings. The Kier molecular flexibility index (Phi) is 4.36. The van der Waals surface area contributed by atoms with Crippen LogP contribution < -0.4 is 5.32 Å². The van der Waals surface area contributed by atoms with E-state index in [0.717, 1.165) is 19.4 Å². The Morgan fingerprint density at radius 1 is 1.53 bits per heavy atom. The third-order valence-electron chi connectivity index (χ3n) is 2.65. The van der Waals surface area contributed by atoms with E-state index < -0.39 is 5.60 Å². The third-order valence-corrected chi connectivity index (χ3v) is 2.65. The molecule has 0 aliphatic rings. The molecule has 1 aromatic rings. The van der Waals surface area contributed by atoms with E-state index >= 15 is 0 Å². The van der Waals surface area contributed by atoms with E-state index in [1.807, 2.05) is 26.2 Å². The van der Waals surface area contributed by atoms with Crippen LogP contribution in [0.1, 0.15) is 32.4 Å². The first-order chi connectivity index (χ1) is 7.05. The van der Waals surface area contributed by atoms with Gasteiger partial charge in [0.15, 0.2) is 0 Å². The minimum atomic E-state index is -0.583. The molecule has 0 bridgehead atoms. The van der Waals surface area contributed by atoms with Gasteiger partial charge in [0.25, 0.3) is 0 Å². The lowest BCUT2D eigenvalue weighted by atomic mass is 10.0. The highest BCUT2D eigenvalue weighted by atomic mass is 16.3. The van der Waals surface area contributed by atoms with E-state index in [9.17, 15) is 5.11 Å². The van der Waals surface area contributed by atoms with Gasteiger partial charge < -0.3 is 15.0 Å². The zero-order valence-corrected chi connectivity index (χ0v) is 9.95. The zero-order chi connectivity index (χ0) is 11.3. The maximum Gasteiger partial charge on any atom is 0.0743 e. The van der Waals surface area contributed by atoms with Crippen LogP contribution in [0.3, 0.4) is 0 Å². The summed E-state index contributed by atoms with van der Waals surface area (Å²) in [5, 5.41) is 13.2. The maximum atomic E-state index is 9.94. The molecule has 0 saturated carbocycles. The average molecular weight is 210 g/mol. The largest absolute Gasteiger partial charge is 0.389 e. The minimum Gasteiger partial charge on any atom is -0.389 e. The average Bonchev–Trinajstić information content (AvgIpc) is 2.51. The predicted molar refractivity (Wildman–Crippen MR) is 62.7 cm³/mol. The SMILES string of the molecule is CCCC(C)(O)CNCc1cccn1C. The Labute approximate surface area is 92.1 Å². The second-order valence-corrected chi connectivity index (χ2v) is 4.46. The van der Waals surface area contributed by atoms with Gasteiger partial charge in [-0.05, 0) is 25.5 Å². The molecule has 1 unspecified atom stereocenters. The van der Waals surface area contributed by atoms with Crippen molar-refractivity contribution in [1.29, 1.82) is 0 Å². The minimum absolute atomic E-state index is 0.583. The molecule has 15 heavy (non-hydrogen) atoms. The summed E-state index contributed by atoms with van der Waals surface area (Å²) in [4.78, 5) is 0. The molecule has 0 saturated heterocycles. The Hall–Kier alpha value is -0.800. The van der Waals surface area contributed by atoms with E-state index in [4.69, 9.17) is 0 Å². The van der Waals surface area contributed by atoms with Gasteiger partial charge in [0.05, 0.1) is 5.60 Å². The van der Waals surface area contributed by atoms with Crippen LogP contribution >= 0.6 is 0 Å². The summed E-state index contributed by atoms with van der Waals surface area (Å²) in [6.07, 6.45) is 3.88. The van der Waals surface area contributed by atoms with Crippen molar-refractivity contribution in [3.05, 3.63) is 24.0 Å². The van der Waals surface area contributed by atoms with E-state index in [0.29, 0.717) is 6.54 Å². The lowest BCUT2D eigenvalue weighted by molar-refractivity contribution is 0.0496. The van der Waals surface area contributed by atoms with Crippen LogP contribution in [0.2, 0.25) is 0 Å². The maximum absolute atomic E-state index is 9.94. The number of aromatic nitrogens is 1. The number of rotatable bonds is 6. The second kappa shape index (κ2) is 5.33. The van der Waals surface area contributed by atoms with Crippen molar-refractivity contribution in [2.24, 2.45) is 7.05 Å². The molecule has 0 aromatic carbocycles. The second-order valence-electron chi connectivity index (χ2n) is 4.46. The topological polar surface area (TPSA) is 37.2 Å². The van der Waals surface area contributed by atoms with Gasteiger partial charge in [-0.1, -0.05) is 13.3 Å². The van der Waals surface area contributed by atoms with Crippen LogP contribution in [0.25, 0.3) is 0 Å². The number of aliphatic hydroxyl groups is 1. The van der Waals surface area contributed by atoms with Crippen molar-refractivity contribution in [2.45, 2.75) is 38.8 Å². The van der Waals surface area contributed by atoms with E-state index in [1.165, 1.54) is 5.69 Å². The molecule has 0 aliphatic carbocycles. The quantitative estimate of drug-likeness (QED) is 0.749. The number of hydrogen-bond acceptors (Lipinski definition) is 2. The lowest BCUT2D eigenvalue weighted by Crippen LogP contribution is -2.37. The molecule has 1 aromatic heterocycles. The Morgan fingerprint density at radius 3 is 2.80 bits per heavy atom. The Morgan fingerprint density at radius 2 is 2.27 bits per heavy atom. The Balaban J connectivity index is 2.30. The number of nitrogens with zero attached hydrogens (tertiary/aromatic N) is 1. The molecular formula is C12H22N2O. The molecule has 86 valence electrons. The van der Waals surface area contributed by atoms with E-state index in [1.54, 1.807) is 0 Å². The van der Waals surface area contributed by atoms with Gasteiger partial charge in [0.2, 0.25) is 0 Å². The fraction of sp³-hybridized carbons (Fsp3) is 0.667. The molecule has 0 spiro atoms. The Bertz CT molecular complexity index is 292. The van der Waals surface area contributed by atoms with Crippen molar-refractivity contribution >= 4 is 0 Å². The van der Waals surface area contributed by atoms with Gasteiger partial charge in [-0.25, -0.2) is 0 Å². The molecule has 0 amide bonds. The van der Waals surface area contributed by atoms with Crippen molar-refractivity contribution in [2.75, 3.05) is 6.54 Å². The van der Waals surface area contributed by atoms with Crippen LogP contribution in [0.4, 0.5) is 0 Å². The standard InChI is InChI=1S/C12H22N2O/c1-4-7-12(2,15)10-13-9-11-6-5-8-14(11)3/h5-6,8,13,15H,4,7,9-10H2,1-3H3. The van der Waals surface area contributed by atoms with Gasteiger partial charge in [0, 0.05) is 32.0 Å². The van der Waals surface area contributed by atoms with Gasteiger partial charge in [-0.2, -0.15) is 0 Å². The van der Waals surface area contributed by atoms with E-state index in [-0.39, 0.29) is 0 Å². The summed E-state index contributed by atoms with van der Waals surface area (Å²) in [5.74, 6) is 0. The molecule has 0 radical (unpaired) electrons. The first-order valence-corrected chi connectivity index (χ1v) is 5.58. The van der Waals surface area contributed by atoms with Crippen LogP contribution in [0, 0.1) is 0 Å². The molecular weight excluding hydrogens is 188 g/mol. The highest BCUT2D eigenvalue weighted by Crippen LogP contribution is 2.10. The summed E-state index contributed by atoms with van der Waals surface area (Å²) in [7, 11) is 2.03. The molecule has 1 heterocycles. The van der Waals surface area contributed by atoms with Crippen molar-refractivity contribution in [1.82, 2.24) is 9.88 Å². The summed E-state index contributed by atoms with van der Waals surface area (Å²) < 4.78 is 2.08. The fourth-order valence-electron chi connectivity index (χ4n) is 1.77. The van der Waals surface area contributed by atoms with Crippen LogP contribution in [-0.4, -0.2) is 21.8 Å². The summed E-state index contributed by atoms with van der Waals surface area (Å²) >= 11 is 0. The summed E-state index contributed by atoms with van der Waals surface area (Å²) in [5.41, 5.74) is 0.655. The monoisotopic (exact) mass is 210 g/mol. The molecule has 3 nitrogen and oxygen atoms in total. The number of hydrogen-bond donors (Lipinski definition) is 2. The highest BCUT2D eigenvalue weighted by Gasteiger charge is 2.17. The van der Waals surface area contributed by atoms with Gasteiger partial charge >= 0.3 is 0 Å². The predicted octanol–water partition coefficient (Wildman–Crippen LogP) is 1.67. The van der Waals surface area contributed by atoms with Crippen LogP contribution in [0.5, 0.6) is 0 Å². The lowest BCUT2D eigenvalue weighted by Gasteiger charge is -2.23. The highest BCUT2D eigenvalue weighted by molar-refractivity contribution is 5.06. The molecule has 2 N–H and O–H groups in total. The van der Waals surface area contributed by atoms with Gasteiger partial charge in [-0.15, -0.1) is 0 Å². The van der Waals surface area contributed by atoms with Gasteiger partial charge in [-0.3, -0.25) is 0 Å². The first-order valence-electron chi connectivity index (χ1n) is 5.58. The van der Waals surface area contributed by atoms with Crippen molar-refractivity contribution in [3.8, 4) is 0 Å². The summed E-state index contributed by atoms with van der Waals surface area (Å²) in [6.45, 7) is 5.43. The number of aryl methyl sites for hydroxylation is 1. The smallest absolute Gasteiger partial charge is 0.0743 e. The van der Waals surface area contributed by atoms with Crippen LogP contribution in [0.15, 0.2) is 18.3 Å². The normalized spacial score (nSPS) is 15.2. The van der Waals surface area contributed by atoms with E-state index in [2.05, 4.69) is 22.9 Å². The molecule has 1 atom stereocenters. The third kappa shape index (κ3) is 4.06. The fourth-order valence-corrected chi connectivity index (χ4v) is 1.77.